The maximum absolute atomic E-state index is 12.7. The van der Waals surface area contributed by atoms with Crippen LogP contribution < -0.4 is 10.6 Å². The minimum Gasteiger partial charge on any atom is -0.325 e. The molecule has 2 heterocycles. The number of nitrogens with zero attached hydrogens (tertiary/aromatic N) is 1. The van der Waals surface area contributed by atoms with Crippen LogP contribution in [0.3, 0.4) is 0 Å². The summed E-state index contributed by atoms with van der Waals surface area (Å²) in [6.45, 7) is 5.50. The minimum absolute atomic E-state index is 0.171. The van der Waals surface area contributed by atoms with Crippen molar-refractivity contribution in [2.75, 3.05) is 36.5 Å². The summed E-state index contributed by atoms with van der Waals surface area (Å²) in [7, 11) is -3.34. The van der Waals surface area contributed by atoms with Gasteiger partial charge in [-0.25, -0.2) is 8.42 Å². The van der Waals surface area contributed by atoms with Crippen molar-refractivity contribution in [1.29, 1.82) is 0 Å². The van der Waals surface area contributed by atoms with Crippen molar-refractivity contribution in [1.82, 2.24) is 9.62 Å². The summed E-state index contributed by atoms with van der Waals surface area (Å²) < 4.78 is 27.1. The zero-order chi connectivity index (χ0) is 18.0. The van der Waals surface area contributed by atoms with Gasteiger partial charge >= 0.3 is 0 Å². The molecule has 2 fully saturated rings. The molecule has 0 aromatic heterocycles. The fraction of sp³-hybridized carbons (Fsp3) is 0.588. The molecule has 2 saturated heterocycles. The Balaban J connectivity index is 1.61. The van der Waals surface area contributed by atoms with Crippen LogP contribution in [0, 0.1) is 13.8 Å². The second-order valence-corrected chi connectivity index (χ2v) is 10.1. The van der Waals surface area contributed by atoms with Gasteiger partial charge in [0.2, 0.25) is 15.9 Å². The average Bonchev–Trinajstić information content (AvgIpc) is 3.10. The molecule has 138 valence electrons. The van der Waals surface area contributed by atoms with E-state index < -0.39 is 21.3 Å². The summed E-state index contributed by atoms with van der Waals surface area (Å²) in [5.41, 5.74) is 3.03. The van der Waals surface area contributed by atoms with Crippen LogP contribution in [0.1, 0.15) is 17.5 Å². The Bertz CT molecular complexity index is 746. The number of benzene rings is 1. The number of anilines is 1. The van der Waals surface area contributed by atoms with Crippen molar-refractivity contribution < 1.29 is 13.2 Å². The number of hydrogen-bond acceptors (Lipinski definition) is 5. The fourth-order valence-corrected chi connectivity index (χ4v) is 6.18. The van der Waals surface area contributed by atoms with Crippen molar-refractivity contribution in [2.45, 2.75) is 31.6 Å². The number of nitrogens with one attached hydrogen (secondary N) is 2. The molecule has 0 spiro atoms. The predicted octanol–water partition coefficient (Wildman–Crippen LogP) is 1.35. The van der Waals surface area contributed by atoms with Crippen LogP contribution in [-0.2, 0) is 14.8 Å². The van der Waals surface area contributed by atoms with E-state index in [-0.39, 0.29) is 5.91 Å². The SMILES string of the molecule is Cc1ccc(NC(=O)C2CC(S(=O)(=O)N3CCSCC3)CN2)cc1C. The summed E-state index contributed by atoms with van der Waals surface area (Å²) >= 11 is 1.78. The molecule has 1 amide bonds. The van der Waals surface area contributed by atoms with Gasteiger partial charge in [0, 0.05) is 36.8 Å². The van der Waals surface area contributed by atoms with Gasteiger partial charge in [-0.3, -0.25) is 4.79 Å². The highest BCUT2D eigenvalue weighted by atomic mass is 32.2. The summed E-state index contributed by atoms with van der Waals surface area (Å²) in [4.78, 5) is 12.5. The van der Waals surface area contributed by atoms with E-state index in [2.05, 4.69) is 10.6 Å². The average molecular weight is 384 g/mol. The van der Waals surface area contributed by atoms with Gasteiger partial charge in [0.25, 0.3) is 0 Å². The first kappa shape index (κ1) is 18.7. The third-order valence-corrected chi connectivity index (χ3v) is 8.16. The van der Waals surface area contributed by atoms with E-state index in [0.29, 0.717) is 26.1 Å². The molecular formula is C17H25N3O3S2. The van der Waals surface area contributed by atoms with Crippen molar-refractivity contribution in [3.8, 4) is 0 Å². The van der Waals surface area contributed by atoms with Gasteiger partial charge in [0.05, 0.1) is 11.3 Å². The van der Waals surface area contributed by atoms with Crippen molar-refractivity contribution in [3.05, 3.63) is 29.3 Å². The number of rotatable bonds is 4. The Hall–Kier alpha value is -1.09. The van der Waals surface area contributed by atoms with Gasteiger partial charge in [0.1, 0.15) is 0 Å². The second kappa shape index (κ2) is 7.65. The molecule has 2 atom stereocenters. The monoisotopic (exact) mass is 383 g/mol. The number of thioether (sulfide) groups is 1. The maximum atomic E-state index is 12.7. The number of hydrogen-bond donors (Lipinski definition) is 2. The smallest absolute Gasteiger partial charge is 0.241 e. The van der Waals surface area contributed by atoms with Crippen LogP contribution in [0.5, 0.6) is 0 Å². The normalized spacial score (nSPS) is 25.0. The largest absolute Gasteiger partial charge is 0.325 e. The third-order valence-electron chi connectivity index (χ3n) is 4.93. The van der Waals surface area contributed by atoms with Gasteiger partial charge < -0.3 is 10.6 Å². The van der Waals surface area contributed by atoms with E-state index in [1.807, 2.05) is 32.0 Å². The summed E-state index contributed by atoms with van der Waals surface area (Å²) in [5.74, 6) is 1.52. The molecule has 6 nitrogen and oxygen atoms in total. The first-order chi connectivity index (χ1) is 11.9. The molecule has 2 aliphatic rings. The minimum atomic E-state index is -3.34. The molecule has 0 bridgehead atoms. The van der Waals surface area contributed by atoms with Crippen LogP contribution in [0.15, 0.2) is 18.2 Å². The van der Waals surface area contributed by atoms with Crippen LogP contribution in [0.4, 0.5) is 5.69 Å². The molecule has 2 unspecified atom stereocenters. The highest BCUT2D eigenvalue weighted by Gasteiger charge is 2.40. The molecule has 0 radical (unpaired) electrons. The molecular weight excluding hydrogens is 358 g/mol. The van der Waals surface area contributed by atoms with E-state index in [4.69, 9.17) is 0 Å². The van der Waals surface area contributed by atoms with Gasteiger partial charge in [-0.05, 0) is 43.5 Å². The lowest BCUT2D eigenvalue weighted by Crippen LogP contribution is -2.44. The quantitative estimate of drug-likeness (QED) is 0.821. The van der Waals surface area contributed by atoms with Crippen LogP contribution in [0.2, 0.25) is 0 Å². The molecule has 8 heteroatoms. The summed E-state index contributed by atoms with van der Waals surface area (Å²) in [5, 5.41) is 5.44. The first-order valence-electron chi connectivity index (χ1n) is 8.56. The Morgan fingerprint density at radius 2 is 1.96 bits per heavy atom. The topological polar surface area (TPSA) is 78.5 Å². The zero-order valence-corrected chi connectivity index (χ0v) is 16.3. The van der Waals surface area contributed by atoms with E-state index in [9.17, 15) is 13.2 Å². The molecule has 2 aliphatic heterocycles. The van der Waals surface area contributed by atoms with E-state index in [0.717, 1.165) is 22.8 Å². The Morgan fingerprint density at radius 1 is 1.24 bits per heavy atom. The Morgan fingerprint density at radius 3 is 2.64 bits per heavy atom. The third kappa shape index (κ3) is 4.19. The van der Waals surface area contributed by atoms with Crippen molar-refractivity contribution in [3.63, 3.8) is 0 Å². The summed E-state index contributed by atoms with van der Waals surface area (Å²) in [6.07, 6.45) is 0.322. The fourth-order valence-electron chi connectivity index (χ4n) is 3.19. The molecule has 1 aromatic carbocycles. The van der Waals surface area contributed by atoms with Gasteiger partial charge in [-0.1, -0.05) is 6.07 Å². The van der Waals surface area contributed by atoms with Gasteiger partial charge in [0.15, 0.2) is 0 Å². The maximum Gasteiger partial charge on any atom is 0.241 e. The lowest BCUT2D eigenvalue weighted by molar-refractivity contribution is -0.117. The van der Waals surface area contributed by atoms with Gasteiger partial charge in [-0.2, -0.15) is 16.1 Å². The number of carbonyl (C=O) groups excluding carboxylic acids is 1. The van der Waals surface area contributed by atoms with E-state index >= 15 is 0 Å². The van der Waals surface area contributed by atoms with E-state index in [1.54, 1.807) is 16.1 Å². The Kier molecular flexibility index (Phi) is 5.72. The van der Waals surface area contributed by atoms with E-state index in [1.165, 1.54) is 5.56 Å². The number of sulfonamides is 1. The molecule has 0 aliphatic carbocycles. The highest BCUT2D eigenvalue weighted by Crippen LogP contribution is 2.23. The molecule has 3 rings (SSSR count). The number of amides is 1. The number of carbonyl (C=O) groups is 1. The lowest BCUT2D eigenvalue weighted by atomic mass is 10.1. The lowest BCUT2D eigenvalue weighted by Gasteiger charge is -2.28. The highest BCUT2D eigenvalue weighted by molar-refractivity contribution is 7.99. The van der Waals surface area contributed by atoms with Gasteiger partial charge in [-0.15, -0.1) is 0 Å². The first-order valence-corrected chi connectivity index (χ1v) is 11.2. The number of aryl methyl sites for hydroxylation is 2. The zero-order valence-electron chi connectivity index (χ0n) is 14.6. The standard InChI is InChI=1S/C17H25N3O3S2/c1-12-3-4-14(9-13(12)2)19-17(21)16-10-15(11-18-16)25(22,23)20-5-7-24-8-6-20/h3-4,9,15-16,18H,5-8,10-11H2,1-2H3,(H,19,21). The van der Waals surface area contributed by atoms with Crippen molar-refractivity contribution >= 4 is 33.4 Å². The van der Waals surface area contributed by atoms with Crippen LogP contribution in [0.25, 0.3) is 0 Å². The second-order valence-electron chi connectivity index (χ2n) is 6.66. The molecule has 0 saturated carbocycles. The molecule has 1 aromatic rings. The predicted molar refractivity (Wildman–Crippen MR) is 103 cm³/mol. The van der Waals surface area contributed by atoms with Crippen LogP contribution in [-0.4, -0.2) is 61.1 Å². The Labute approximate surface area is 153 Å². The summed E-state index contributed by atoms with van der Waals surface area (Å²) in [6, 6.07) is 5.30. The molecule has 25 heavy (non-hydrogen) atoms. The molecule has 2 N–H and O–H groups in total. The van der Waals surface area contributed by atoms with Crippen LogP contribution >= 0.6 is 11.8 Å². The van der Waals surface area contributed by atoms with Crippen molar-refractivity contribution in [2.24, 2.45) is 0 Å².